The lowest BCUT2D eigenvalue weighted by Crippen LogP contribution is -2.62. The maximum Gasteiger partial charge on any atom is 0.408 e. The van der Waals surface area contributed by atoms with Gasteiger partial charge in [0.2, 0.25) is 11.7 Å². The smallest absolute Gasteiger partial charge is 0.408 e. The second-order valence-electron chi connectivity index (χ2n) is 17.0. The Labute approximate surface area is 388 Å². The van der Waals surface area contributed by atoms with Gasteiger partial charge in [-0.25, -0.2) is 4.79 Å². The van der Waals surface area contributed by atoms with Crippen LogP contribution in [0.1, 0.15) is 62.3 Å². The minimum atomic E-state index is -4.52. The van der Waals surface area contributed by atoms with Crippen LogP contribution in [0.2, 0.25) is 0 Å². The summed E-state index contributed by atoms with van der Waals surface area (Å²) in [5.74, 6) is -9.59. The summed E-state index contributed by atoms with van der Waals surface area (Å²) in [7, 11) is 0. The predicted octanol–water partition coefficient (Wildman–Crippen LogP) is 4.89. The van der Waals surface area contributed by atoms with E-state index in [9.17, 15) is 44.4 Å². The molecule has 7 atom stereocenters. The Hall–Kier alpha value is -6.27. The number of ketones is 1. The Balaban J connectivity index is 0.000000388. The number of carbonyl (C=O) groups excluding carboxylic acids is 4. The monoisotopic (exact) mass is 930 g/mol. The minimum absolute atomic E-state index is 0.159. The zero-order valence-corrected chi connectivity index (χ0v) is 37.7. The lowest BCUT2D eigenvalue weighted by molar-refractivity contribution is -0.179. The number of hydrogen-bond acceptors (Lipinski definition) is 11. The zero-order chi connectivity index (χ0) is 48.7. The molecule has 0 aliphatic carbocycles. The van der Waals surface area contributed by atoms with Crippen LogP contribution in [0, 0.1) is 5.92 Å². The van der Waals surface area contributed by atoms with E-state index in [1.165, 1.54) is 0 Å². The number of aliphatic hydroxyl groups is 3. The number of hydrogen-bond donors (Lipinski definition) is 6. The number of carboxylic acid groups (broad SMARTS) is 1. The van der Waals surface area contributed by atoms with Crippen LogP contribution in [-0.4, -0.2) is 121 Å². The molecule has 6 N–H and O–H groups in total. The highest BCUT2D eigenvalue weighted by atomic mass is 19.3. The van der Waals surface area contributed by atoms with Crippen molar-refractivity contribution < 1.29 is 62.7 Å². The largest absolute Gasteiger partial charge is 0.489 e. The van der Waals surface area contributed by atoms with E-state index >= 15 is 8.78 Å². The van der Waals surface area contributed by atoms with Gasteiger partial charge in [0.25, 0.3) is 5.91 Å². The number of Topliss-reactive ketones (excluding diaryl/α,β-unsaturated/α-hetero) is 1. The molecule has 15 nitrogen and oxygen atoms in total. The number of rotatable bonds is 19. The molecule has 4 aromatic rings. The topological polar surface area (TPSA) is 215 Å². The summed E-state index contributed by atoms with van der Waals surface area (Å²) in [5.41, 5.74) is 2.49. The number of ether oxygens (including phenoxy) is 2. The molecule has 67 heavy (non-hydrogen) atoms. The molecule has 2 fully saturated rings. The van der Waals surface area contributed by atoms with Crippen molar-refractivity contribution in [3.8, 4) is 5.75 Å². The van der Waals surface area contributed by atoms with Gasteiger partial charge in [-0.1, -0.05) is 124 Å². The number of halogens is 2. The fourth-order valence-corrected chi connectivity index (χ4v) is 8.07. The maximum atomic E-state index is 15.5. The first kappa shape index (κ1) is 51.7. The first-order valence-electron chi connectivity index (χ1n) is 22.3. The van der Waals surface area contributed by atoms with Crippen molar-refractivity contribution in [1.82, 2.24) is 20.4 Å². The van der Waals surface area contributed by atoms with E-state index in [0.29, 0.717) is 61.4 Å². The van der Waals surface area contributed by atoms with E-state index < -0.39 is 84.5 Å². The van der Waals surface area contributed by atoms with Crippen LogP contribution in [0.5, 0.6) is 5.75 Å². The van der Waals surface area contributed by atoms with Crippen molar-refractivity contribution in [2.45, 2.75) is 115 Å². The van der Waals surface area contributed by atoms with Gasteiger partial charge in [0.05, 0.1) is 18.2 Å². The third kappa shape index (κ3) is 14.4. The van der Waals surface area contributed by atoms with Crippen LogP contribution < -0.4 is 15.4 Å². The molecule has 0 aromatic heterocycles. The molecule has 3 amide bonds. The maximum absolute atomic E-state index is 15.5. The summed E-state index contributed by atoms with van der Waals surface area (Å²) in [4.78, 5) is 66.6. The zero-order valence-electron chi connectivity index (χ0n) is 37.7. The number of nitrogens with one attached hydrogen (secondary N) is 2. The third-order valence-electron chi connectivity index (χ3n) is 11.6. The van der Waals surface area contributed by atoms with Crippen molar-refractivity contribution in [1.29, 1.82) is 0 Å². The third-order valence-corrected chi connectivity index (χ3v) is 11.6. The normalized spacial score (nSPS) is 20.0. The second-order valence-corrected chi connectivity index (χ2v) is 17.0. The van der Waals surface area contributed by atoms with E-state index in [1.807, 2.05) is 42.2 Å². The van der Waals surface area contributed by atoms with E-state index in [-0.39, 0.29) is 19.1 Å². The molecule has 2 aliphatic rings. The lowest BCUT2D eigenvalue weighted by Gasteiger charge is -2.42. The number of aliphatic hydroxyl groups excluding tert-OH is 3. The molecule has 6 rings (SSSR count). The molecule has 4 aromatic carbocycles. The summed E-state index contributed by atoms with van der Waals surface area (Å²) in [5, 5.41) is 44.2. The number of fused-ring (bicyclic) bond motifs is 1. The van der Waals surface area contributed by atoms with Crippen LogP contribution in [0.25, 0.3) is 0 Å². The number of nitrogens with zero attached hydrogens (tertiary/aromatic N) is 2. The van der Waals surface area contributed by atoms with Crippen molar-refractivity contribution in [3.05, 3.63) is 138 Å². The van der Waals surface area contributed by atoms with Crippen molar-refractivity contribution in [2.24, 2.45) is 5.92 Å². The van der Waals surface area contributed by atoms with Gasteiger partial charge in [0.1, 0.15) is 36.7 Å². The van der Waals surface area contributed by atoms with Crippen LogP contribution in [0.4, 0.5) is 13.6 Å². The Kier molecular flexibility index (Phi) is 18.9. The highest BCUT2D eigenvalue weighted by Crippen LogP contribution is 2.30. The average Bonchev–Trinajstić information content (AvgIpc) is 3.69. The van der Waals surface area contributed by atoms with Gasteiger partial charge in [0, 0.05) is 39.0 Å². The summed E-state index contributed by atoms with van der Waals surface area (Å²) in [6.07, 6.45) is -3.76. The van der Waals surface area contributed by atoms with Gasteiger partial charge in [-0.2, -0.15) is 8.78 Å². The highest BCUT2D eigenvalue weighted by molar-refractivity contribution is 6.10. The number of benzene rings is 4. The second kappa shape index (κ2) is 24.5. The lowest BCUT2D eigenvalue weighted by atomic mass is 9.93. The number of esters is 1. The van der Waals surface area contributed by atoms with Gasteiger partial charge in [-0.3, -0.25) is 29.0 Å². The SMILES string of the molecule is CC(C)C(C(=O)N[C@@H](Cc1ccc(OCc2ccccc2)cc1)C(=O)C(F)(F)C(=O)NCc1ccccc1)N(Cc1ccccc1)C(=O)O.CCCC(=O)O[C@H]1CN2CC[C@H](O)[C@@H]2[C@@H](O)[C@@H]1O. The molecule has 2 heterocycles. The van der Waals surface area contributed by atoms with Crippen LogP contribution in [-0.2, 0) is 50.0 Å². The van der Waals surface area contributed by atoms with Gasteiger partial charge >= 0.3 is 18.0 Å². The van der Waals surface area contributed by atoms with Gasteiger partial charge in [-0.15, -0.1) is 0 Å². The molecular formula is C50H60F2N4O11. The van der Waals surface area contributed by atoms with E-state index in [4.69, 9.17) is 9.47 Å². The van der Waals surface area contributed by atoms with Crippen LogP contribution in [0.3, 0.4) is 0 Å². The Morgan fingerprint density at radius 1 is 0.806 bits per heavy atom. The fraction of sp³-hybridized carbons (Fsp3) is 0.420. The van der Waals surface area contributed by atoms with Crippen LogP contribution >= 0.6 is 0 Å². The predicted molar refractivity (Wildman–Crippen MR) is 243 cm³/mol. The van der Waals surface area contributed by atoms with Crippen molar-refractivity contribution in [3.63, 3.8) is 0 Å². The molecule has 2 saturated heterocycles. The molecular weight excluding hydrogens is 871 g/mol. The molecule has 1 unspecified atom stereocenters. The summed E-state index contributed by atoms with van der Waals surface area (Å²) in [6, 6.07) is 29.1. The van der Waals surface area contributed by atoms with E-state index in [2.05, 4.69) is 10.6 Å². The first-order valence-corrected chi connectivity index (χ1v) is 22.3. The summed E-state index contributed by atoms with van der Waals surface area (Å²) in [6.45, 7) is 6.01. The van der Waals surface area contributed by atoms with Gasteiger partial charge in [0.15, 0.2) is 0 Å². The molecule has 2 aliphatic heterocycles. The van der Waals surface area contributed by atoms with Crippen LogP contribution in [0.15, 0.2) is 115 Å². The quantitative estimate of drug-likeness (QED) is 0.0548. The number of amides is 3. The Bertz CT molecular complexity index is 2220. The highest BCUT2D eigenvalue weighted by Gasteiger charge is 2.51. The Morgan fingerprint density at radius 3 is 1.96 bits per heavy atom. The van der Waals surface area contributed by atoms with E-state index in [0.717, 1.165) is 10.5 Å². The number of carbonyl (C=O) groups is 5. The molecule has 0 bridgehead atoms. The summed E-state index contributed by atoms with van der Waals surface area (Å²) >= 11 is 0. The summed E-state index contributed by atoms with van der Waals surface area (Å²) < 4.78 is 42.1. The van der Waals surface area contributed by atoms with Crippen molar-refractivity contribution in [2.75, 3.05) is 13.1 Å². The molecule has 0 spiro atoms. The first-order chi connectivity index (χ1) is 32.0. The fourth-order valence-electron chi connectivity index (χ4n) is 8.07. The average molecular weight is 931 g/mol. The van der Waals surface area contributed by atoms with E-state index in [1.54, 1.807) is 98.8 Å². The molecule has 0 radical (unpaired) electrons. The van der Waals surface area contributed by atoms with Gasteiger partial charge < -0.3 is 40.5 Å². The number of piperidine rings is 1. The molecule has 0 saturated carbocycles. The van der Waals surface area contributed by atoms with Crippen molar-refractivity contribution >= 4 is 29.7 Å². The number of alkyl halides is 2. The minimum Gasteiger partial charge on any atom is -0.489 e. The standard InChI is InChI=1S/C38H39F2N3O6.C12H21NO5/c1-26(2)33(43(37(47)48)24-29-14-8-4-9-15-29)35(45)42-32(34(44)38(39,40)36(46)41-23-28-12-6-3-7-13-28)22-27-18-20-31(21-19-27)49-25-30-16-10-5-11-17-30;1-2-3-9(15)18-8-6-13-5-4-7(14)10(13)12(17)11(8)16/h3-21,26,32-33H,22-25H2,1-2H3,(H,41,46)(H,42,45)(H,47,48);7-8,10-12,14,16-17H,2-6H2,1H3/t32-,33?;7-,8-,10+,11+,12+/m00/s1. The van der Waals surface area contributed by atoms with Gasteiger partial charge in [-0.05, 0) is 53.1 Å². The Morgan fingerprint density at radius 2 is 1.39 bits per heavy atom. The molecule has 17 heteroatoms. The molecule has 360 valence electrons.